The Balaban J connectivity index is 1.32. The molecule has 1 saturated carbocycles. The zero-order chi connectivity index (χ0) is 26.5. The largest absolute Gasteiger partial charge is 0.376 e. The number of benzene rings is 4. The highest BCUT2D eigenvalue weighted by molar-refractivity contribution is 5.16. The van der Waals surface area contributed by atoms with Gasteiger partial charge in [0.05, 0.1) is 45.2 Å². The summed E-state index contributed by atoms with van der Waals surface area (Å²) in [4.78, 5) is 0. The third kappa shape index (κ3) is 8.35. The predicted molar refractivity (Wildman–Crippen MR) is 154 cm³/mol. The summed E-state index contributed by atoms with van der Waals surface area (Å²) in [6, 6.07) is 41.3. The van der Waals surface area contributed by atoms with Gasteiger partial charge in [0.15, 0.2) is 0 Å². The molecule has 0 saturated heterocycles. The van der Waals surface area contributed by atoms with Crippen LogP contribution < -0.4 is 0 Å². The minimum atomic E-state index is -0.211. The van der Waals surface area contributed by atoms with Crippen molar-refractivity contribution in [3.05, 3.63) is 144 Å². The SMILES string of the molecule is c1ccc(COC[C@H]2CC[C@H](OCc3ccccc3)[C@@H](OCc3ccccc3)[C@H]2OCc2ccccc2)cc1. The van der Waals surface area contributed by atoms with E-state index >= 15 is 0 Å². The molecule has 0 aromatic heterocycles. The average molecular weight is 523 g/mol. The fourth-order valence-corrected chi connectivity index (χ4v) is 5.19. The molecule has 0 aliphatic heterocycles. The van der Waals surface area contributed by atoms with E-state index in [1.54, 1.807) is 0 Å². The van der Waals surface area contributed by atoms with Crippen LogP contribution in [-0.4, -0.2) is 24.9 Å². The fraction of sp³-hybridized carbons (Fsp3) is 0.314. The van der Waals surface area contributed by atoms with E-state index < -0.39 is 0 Å². The molecule has 0 unspecified atom stereocenters. The third-order valence-electron chi connectivity index (χ3n) is 7.30. The van der Waals surface area contributed by atoms with Crippen LogP contribution in [0.1, 0.15) is 35.1 Å². The quantitative estimate of drug-likeness (QED) is 0.184. The summed E-state index contributed by atoms with van der Waals surface area (Å²) in [6.45, 7) is 2.80. The molecule has 4 heteroatoms. The summed E-state index contributed by atoms with van der Waals surface area (Å²) < 4.78 is 26.1. The van der Waals surface area contributed by atoms with Crippen molar-refractivity contribution in [1.29, 1.82) is 0 Å². The maximum atomic E-state index is 6.68. The highest BCUT2D eigenvalue weighted by atomic mass is 16.6. The summed E-state index contributed by atoms with van der Waals surface area (Å²) >= 11 is 0. The van der Waals surface area contributed by atoms with Crippen molar-refractivity contribution in [3.8, 4) is 0 Å². The van der Waals surface area contributed by atoms with E-state index in [-0.39, 0.29) is 24.2 Å². The zero-order valence-electron chi connectivity index (χ0n) is 22.4. The lowest BCUT2D eigenvalue weighted by molar-refractivity contribution is -0.194. The van der Waals surface area contributed by atoms with E-state index in [0.29, 0.717) is 33.0 Å². The normalized spacial score (nSPS) is 21.0. The molecular weight excluding hydrogens is 484 g/mol. The Morgan fingerprint density at radius 3 is 1.33 bits per heavy atom. The molecule has 1 aliphatic rings. The highest BCUT2D eigenvalue weighted by Gasteiger charge is 2.42. The van der Waals surface area contributed by atoms with E-state index in [1.165, 1.54) is 5.56 Å². The van der Waals surface area contributed by atoms with Gasteiger partial charge in [-0.3, -0.25) is 0 Å². The van der Waals surface area contributed by atoms with Crippen molar-refractivity contribution in [3.63, 3.8) is 0 Å². The van der Waals surface area contributed by atoms with Crippen molar-refractivity contribution >= 4 is 0 Å². The van der Waals surface area contributed by atoms with Crippen molar-refractivity contribution in [2.24, 2.45) is 5.92 Å². The lowest BCUT2D eigenvalue weighted by Gasteiger charge is -2.42. The maximum absolute atomic E-state index is 6.68. The number of rotatable bonds is 13. The first-order valence-electron chi connectivity index (χ1n) is 13.9. The standard InChI is InChI=1S/C35H38O4/c1-5-13-28(14-6-1)23-36-27-32-21-22-33(37-24-29-15-7-2-8-16-29)35(39-26-31-19-11-4-12-20-31)34(32)38-25-30-17-9-3-10-18-30/h1-20,32-35H,21-27H2/t32-,33+,34+,35-/m1/s1. The fourth-order valence-electron chi connectivity index (χ4n) is 5.19. The molecule has 39 heavy (non-hydrogen) atoms. The second-order valence-electron chi connectivity index (χ2n) is 10.2. The molecule has 0 spiro atoms. The molecule has 4 atom stereocenters. The van der Waals surface area contributed by atoms with Crippen molar-refractivity contribution in [2.75, 3.05) is 6.61 Å². The maximum Gasteiger partial charge on any atom is 0.111 e. The summed E-state index contributed by atoms with van der Waals surface area (Å²) in [7, 11) is 0. The van der Waals surface area contributed by atoms with Gasteiger partial charge in [-0.05, 0) is 35.1 Å². The molecule has 1 aliphatic carbocycles. The van der Waals surface area contributed by atoms with Crippen LogP contribution in [0.4, 0.5) is 0 Å². The molecule has 0 heterocycles. The van der Waals surface area contributed by atoms with E-state index in [9.17, 15) is 0 Å². The Hall–Kier alpha value is -3.28. The smallest absolute Gasteiger partial charge is 0.111 e. The Kier molecular flexibility index (Phi) is 10.3. The molecule has 4 aromatic rings. The monoisotopic (exact) mass is 522 g/mol. The summed E-state index contributed by atoms with van der Waals surface area (Å²) in [5, 5.41) is 0. The first-order chi connectivity index (χ1) is 19.3. The lowest BCUT2D eigenvalue weighted by atomic mass is 9.82. The minimum absolute atomic E-state index is 0.0694. The summed E-state index contributed by atoms with van der Waals surface area (Å²) in [5.41, 5.74) is 4.63. The first kappa shape index (κ1) is 27.3. The molecule has 4 aromatic carbocycles. The minimum Gasteiger partial charge on any atom is -0.376 e. The average Bonchev–Trinajstić information content (AvgIpc) is 3.00. The molecule has 1 fully saturated rings. The van der Waals surface area contributed by atoms with Gasteiger partial charge in [-0.2, -0.15) is 0 Å². The molecule has 202 valence electrons. The van der Waals surface area contributed by atoms with Crippen LogP contribution in [0.3, 0.4) is 0 Å². The first-order valence-corrected chi connectivity index (χ1v) is 13.9. The van der Waals surface area contributed by atoms with Gasteiger partial charge in [-0.1, -0.05) is 121 Å². The van der Waals surface area contributed by atoms with Crippen LogP contribution >= 0.6 is 0 Å². The summed E-state index contributed by atoms with van der Waals surface area (Å²) in [5.74, 6) is 0.203. The topological polar surface area (TPSA) is 36.9 Å². The molecule has 0 radical (unpaired) electrons. The van der Waals surface area contributed by atoms with Crippen LogP contribution in [0.15, 0.2) is 121 Å². The lowest BCUT2D eigenvalue weighted by Crippen LogP contribution is -2.51. The van der Waals surface area contributed by atoms with Crippen LogP contribution in [0.25, 0.3) is 0 Å². The van der Waals surface area contributed by atoms with E-state index in [0.717, 1.165) is 29.5 Å². The van der Waals surface area contributed by atoms with Gasteiger partial charge in [0, 0.05) is 5.92 Å². The Bertz CT molecular complexity index is 1200. The molecular formula is C35H38O4. The van der Waals surface area contributed by atoms with Crippen molar-refractivity contribution < 1.29 is 18.9 Å². The summed E-state index contributed by atoms with van der Waals surface area (Å²) in [6.07, 6.45) is 1.42. The second kappa shape index (κ2) is 14.8. The number of hydrogen-bond acceptors (Lipinski definition) is 4. The number of hydrogen-bond donors (Lipinski definition) is 0. The van der Waals surface area contributed by atoms with Gasteiger partial charge in [0.25, 0.3) is 0 Å². The van der Waals surface area contributed by atoms with Crippen LogP contribution in [0.5, 0.6) is 0 Å². The Labute approximate surface area is 232 Å². The zero-order valence-corrected chi connectivity index (χ0v) is 22.4. The molecule has 4 nitrogen and oxygen atoms in total. The molecule has 0 N–H and O–H groups in total. The highest BCUT2D eigenvalue weighted by Crippen LogP contribution is 2.34. The van der Waals surface area contributed by atoms with Gasteiger partial charge in [-0.25, -0.2) is 0 Å². The van der Waals surface area contributed by atoms with Crippen molar-refractivity contribution in [1.82, 2.24) is 0 Å². The van der Waals surface area contributed by atoms with Gasteiger partial charge in [0.2, 0.25) is 0 Å². The molecule has 0 amide bonds. The Morgan fingerprint density at radius 1 is 0.436 bits per heavy atom. The van der Waals surface area contributed by atoms with Crippen molar-refractivity contribution in [2.45, 2.75) is 57.6 Å². The van der Waals surface area contributed by atoms with Crippen LogP contribution in [-0.2, 0) is 45.4 Å². The molecule has 5 rings (SSSR count). The van der Waals surface area contributed by atoms with Crippen LogP contribution in [0, 0.1) is 5.92 Å². The second-order valence-corrected chi connectivity index (χ2v) is 10.2. The molecule has 0 bridgehead atoms. The van der Waals surface area contributed by atoms with E-state index in [2.05, 4.69) is 72.8 Å². The predicted octanol–water partition coefficient (Wildman–Crippen LogP) is 7.37. The Morgan fingerprint density at radius 2 is 0.846 bits per heavy atom. The third-order valence-corrected chi connectivity index (χ3v) is 7.30. The van der Waals surface area contributed by atoms with E-state index in [4.69, 9.17) is 18.9 Å². The van der Waals surface area contributed by atoms with E-state index in [1.807, 2.05) is 48.5 Å². The number of ether oxygens (including phenoxy) is 4. The van der Waals surface area contributed by atoms with Gasteiger partial charge >= 0.3 is 0 Å². The van der Waals surface area contributed by atoms with Crippen LogP contribution in [0.2, 0.25) is 0 Å². The van der Waals surface area contributed by atoms with Gasteiger partial charge in [0.1, 0.15) is 6.10 Å². The van der Waals surface area contributed by atoms with Gasteiger partial charge in [-0.15, -0.1) is 0 Å². The van der Waals surface area contributed by atoms with Gasteiger partial charge < -0.3 is 18.9 Å².